The van der Waals surface area contributed by atoms with Gasteiger partial charge in [-0.15, -0.1) is 0 Å². The minimum Gasteiger partial charge on any atom is -0.273 e. The highest BCUT2D eigenvalue weighted by atomic mass is 35.5. The lowest BCUT2D eigenvalue weighted by Gasteiger charge is -2.10. The molecule has 1 rings (SSSR count). The van der Waals surface area contributed by atoms with E-state index < -0.39 is 5.91 Å². The molecule has 0 radical (unpaired) electrons. The largest absolute Gasteiger partial charge is 0.275 e. The molecule has 0 aliphatic carbocycles. The zero-order valence-corrected chi connectivity index (χ0v) is 10.6. The Morgan fingerprint density at radius 3 is 2.18 bits per heavy atom. The van der Waals surface area contributed by atoms with E-state index in [0.717, 1.165) is 6.33 Å². The van der Waals surface area contributed by atoms with Gasteiger partial charge in [0.2, 0.25) is 5.91 Å². The maximum Gasteiger partial charge on any atom is 0.275 e. The van der Waals surface area contributed by atoms with Gasteiger partial charge in [0, 0.05) is 5.92 Å². The van der Waals surface area contributed by atoms with Gasteiger partial charge in [-0.3, -0.25) is 20.4 Å². The first kappa shape index (κ1) is 13.7. The fraction of sp³-hybridized carbons (Fsp3) is 0.333. The topological polar surface area (TPSA) is 84.0 Å². The smallest absolute Gasteiger partial charge is 0.273 e. The lowest BCUT2D eigenvalue weighted by molar-refractivity contribution is -0.124. The zero-order chi connectivity index (χ0) is 13.0. The van der Waals surface area contributed by atoms with Crippen molar-refractivity contribution in [2.75, 3.05) is 0 Å². The van der Waals surface area contributed by atoms with Crippen LogP contribution in [0.2, 0.25) is 10.3 Å². The van der Waals surface area contributed by atoms with E-state index >= 15 is 0 Å². The van der Waals surface area contributed by atoms with E-state index in [1.54, 1.807) is 13.8 Å². The van der Waals surface area contributed by atoms with Gasteiger partial charge >= 0.3 is 0 Å². The molecule has 1 aromatic heterocycles. The molecule has 0 bridgehead atoms. The van der Waals surface area contributed by atoms with Crippen molar-refractivity contribution in [3.8, 4) is 0 Å². The van der Waals surface area contributed by atoms with Gasteiger partial charge in [0.15, 0.2) is 0 Å². The van der Waals surface area contributed by atoms with Crippen molar-refractivity contribution < 1.29 is 9.59 Å². The van der Waals surface area contributed by atoms with Crippen molar-refractivity contribution in [1.29, 1.82) is 0 Å². The molecule has 0 saturated carbocycles. The van der Waals surface area contributed by atoms with Crippen LogP contribution in [0.15, 0.2) is 6.33 Å². The third-order valence-corrected chi connectivity index (χ3v) is 2.38. The van der Waals surface area contributed by atoms with Crippen LogP contribution in [0.5, 0.6) is 0 Å². The van der Waals surface area contributed by atoms with Crippen molar-refractivity contribution in [2.24, 2.45) is 5.92 Å². The Labute approximate surface area is 108 Å². The number of aromatic nitrogens is 2. The number of carbonyl (C=O) groups is 2. The Morgan fingerprint density at radius 1 is 1.18 bits per heavy atom. The summed E-state index contributed by atoms with van der Waals surface area (Å²) in [6, 6.07) is 0. The van der Waals surface area contributed by atoms with Crippen LogP contribution in [0.1, 0.15) is 24.2 Å². The average Bonchev–Trinajstić information content (AvgIpc) is 2.25. The Balaban J connectivity index is 2.74. The molecule has 1 aromatic rings. The summed E-state index contributed by atoms with van der Waals surface area (Å²) in [6.45, 7) is 3.38. The van der Waals surface area contributed by atoms with E-state index in [0.29, 0.717) is 0 Å². The van der Waals surface area contributed by atoms with E-state index in [2.05, 4.69) is 20.8 Å². The van der Waals surface area contributed by atoms with E-state index in [1.807, 2.05) is 0 Å². The number of hydrogen-bond acceptors (Lipinski definition) is 4. The summed E-state index contributed by atoms with van der Waals surface area (Å²) in [5, 5.41) is -0.164. The molecule has 8 heteroatoms. The second kappa shape index (κ2) is 5.79. The van der Waals surface area contributed by atoms with Gasteiger partial charge in [-0.1, -0.05) is 37.0 Å². The highest BCUT2D eigenvalue weighted by Gasteiger charge is 2.17. The van der Waals surface area contributed by atoms with Crippen LogP contribution in [-0.4, -0.2) is 21.8 Å². The normalized spacial score (nSPS) is 10.2. The number of amides is 2. The summed E-state index contributed by atoms with van der Waals surface area (Å²) in [6.07, 6.45) is 1.13. The quantitative estimate of drug-likeness (QED) is 0.628. The average molecular weight is 277 g/mol. The predicted molar refractivity (Wildman–Crippen MR) is 62.5 cm³/mol. The molecule has 0 aliphatic heterocycles. The monoisotopic (exact) mass is 276 g/mol. The lowest BCUT2D eigenvalue weighted by Crippen LogP contribution is -2.43. The van der Waals surface area contributed by atoms with Gasteiger partial charge in [-0.25, -0.2) is 9.97 Å². The molecule has 6 nitrogen and oxygen atoms in total. The van der Waals surface area contributed by atoms with Crippen molar-refractivity contribution in [3.63, 3.8) is 0 Å². The Hall–Kier alpha value is -1.40. The van der Waals surface area contributed by atoms with Gasteiger partial charge in [-0.05, 0) is 0 Å². The van der Waals surface area contributed by atoms with E-state index in [1.165, 1.54) is 0 Å². The standard InChI is InChI=1S/C9H10Cl2N4O2/c1-4(2)8(16)14-15-9(17)5-6(10)12-3-13-7(5)11/h3-4H,1-2H3,(H,14,16)(H,15,17). The second-order valence-corrected chi connectivity index (χ2v) is 4.14. The molecule has 0 spiro atoms. The summed E-state index contributed by atoms with van der Waals surface area (Å²) in [7, 11) is 0. The Kier molecular flexibility index (Phi) is 4.65. The van der Waals surface area contributed by atoms with Gasteiger partial charge in [0.25, 0.3) is 5.91 Å². The van der Waals surface area contributed by atoms with E-state index in [9.17, 15) is 9.59 Å². The molecule has 0 aromatic carbocycles. The summed E-state index contributed by atoms with van der Waals surface area (Å²) in [5.74, 6) is -1.26. The van der Waals surface area contributed by atoms with Crippen LogP contribution in [0, 0.1) is 5.92 Å². The molecule has 0 fully saturated rings. The van der Waals surface area contributed by atoms with Crippen LogP contribution >= 0.6 is 23.2 Å². The number of rotatable bonds is 2. The van der Waals surface area contributed by atoms with Crippen LogP contribution < -0.4 is 10.9 Å². The van der Waals surface area contributed by atoms with Crippen LogP contribution in [-0.2, 0) is 4.79 Å². The molecule has 0 saturated heterocycles. The summed E-state index contributed by atoms with van der Waals surface area (Å²) in [4.78, 5) is 30.1. The fourth-order valence-electron chi connectivity index (χ4n) is 0.857. The highest BCUT2D eigenvalue weighted by molar-refractivity contribution is 6.38. The molecule has 2 amide bonds. The van der Waals surface area contributed by atoms with Crippen molar-refractivity contribution >= 4 is 35.0 Å². The molecule has 1 heterocycles. The van der Waals surface area contributed by atoms with Crippen molar-refractivity contribution in [1.82, 2.24) is 20.8 Å². The number of hydrazine groups is 1. The van der Waals surface area contributed by atoms with Gasteiger partial charge < -0.3 is 0 Å². The lowest BCUT2D eigenvalue weighted by atomic mass is 10.2. The Morgan fingerprint density at radius 2 is 1.71 bits per heavy atom. The summed E-state index contributed by atoms with van der Waals surface area (Å²) < 4.78 is 0. The van der Waals surface area contributed by atoms with Gasteiger partial charge in [0.1, 0.15) is 22.2 Å². The predicted octanol–water partition coefficient (Wildman–Crippen LogP) is 1.20. The van der Waals surface area contributed by atoms with E-state index in [-0.39, 0.29) is 27.7 Å². The first-order chi connectivity index (χ1) is 7.93. The molecule has 0 aliphatic rings. The third kappa shape index (κ3) is 3.54. The van der Waals surface area contributed by atoms with Gasteiger partial charge in [0.05, 0.1) is 0 Å². The van der Waals surface area contributed by atoms with Crippen molar-refractivity contribution in [2.45, 2.75) is 13.8 Å². The molecule has 0 unspecified atom stereocenters. The molecular formula is C9H10Cl2N4O2. The highest BCUT2D eigenvalue weighted by Crippen LogP contribution is 2.18. The summed E-state index contributed by atoms with van der Waals surface area (Å²) in [5.41, 5.74) is 4.31. The zero-order valence-electron chi connectivity index (χ0n) is 9.12. The first-order valence-electron chi connectivity index (χ1n) is 4.69. The molecule has 2 N–H and O–H groups in total. The maximum atomic E-state index is 11.6. The van der Waals surface area contributed by atoms with Crippen LogP contribution in [0.4, 0.5) is 0 Å². The Bertz CT molecular complexity index is 430. The fourth-order valence-corrected chi connectivity index (χ4v) is 1.34. The minimum atomic E-state index is -0.672. The molecule has 92 valence electrons. The molecule has 17 heavy (non-hydrogen) atoms. The number of nitrogens with zero attached hydrogens (tertiary/aromatic N) is 2. The maximum absolute atomic E-state index is 11.6. The SMILES string of the molecule is CC(C)C(=O)NNC(=O)c1c(Cl)ncnc1Cl. The molecular weight excluding hydrogens is 267 g/mol. The molecule has 0 atom stereocenters. The second-order valence-electron chi connectivity index (χ2n) is 3.43. The first-order valence-corrected chi connectivity index (χ1v) is 5.45. The van der Waals surface area contributed by atoms with Crippen LogP contribution in [0.25, 0.3) is 0 Å². The minimum absolute atomic E-state index is 0.0821. The number of carbonyl (C=O) groups excluding carboxylic acids is 2. The summed E-state index contributed by atoms with van der Waals surface area (Å²) >= 11 is 11.4. The van der Waals surface area contributed by atoms with Crippen LogP contribution in [0.3, 0.4) is 0 Å². The van der Waals surface area contributed by atoms with E-state index in [4.69, 9.17) is 23.2 Å². The number of nitrogens with one attached hydrogen (secondary N) is 2. The number of hydrogen-bond donors (Lipinski definition) is 2. The number of halogens is 2. The van der Waals surface area contributed by atoms with Crippen molar-refractivity contribution in [3.05, 3.63) is 22.2 Å². The third-order valence-electron chi connectivity index (χ3n) is 1.81. The van der Waals surface area contributed by atoms with Gasteiger partial charge in [-0.2, -0.15) is 0 Å².